The fourth-order valence-corrected chi connectivity index (χ4v) is 17.4. The Balaban J connectivity index is 5.58. The molecule has 0 aliphatic carbocycles. The van der Waals surface area contributed by atoms with Crippen molar-refractivity contribution in [3.05, 3.63) is 0 Å². The molecule has 0 atom stereocenters. The van der Waals surface area contributed by atoms with Gasteiger partial charge in [-0.25, -0.2) is 0 Å². The van der Waals surface area contributed by atoms with Crippen molar-refractivity contribution in [2.24, 2.45) is 0 Å². The summed E-state index contributed by atoms with van der Waals surface area (Å²) in [6.45, 7) is 19.3. The molecule has 134 valence electrons. The normalized spacial score (nSPS) is 15.3. The molecular formula is C12H31Cl3O3Si4. The van der Waals surface area contributed by atoms with Crippen LogP contribution in [-0.2, 0) is 12.3 Å². The van der Waals surface area contributed by atoms with E-state index < -0.39 is 37.5 Å². The summed E-state index contributed by atoms with van der Waals surface area (Å²) in [5.41, 5.74) is 0. The number of hydrogen-bond acceptors (Lipinski definition) is 3. The van der Waals surface area contributed by atoms with Gasteiger partial charge in [0.15, 0.2) is 28.7 Å². The molecule has 0 bridgehead atoms. The smallest absolute Gasteiger partial charge is 0.417 e. The summed E-state index contributed by atoms with van der Waals surface area (Å²) in [4.78, 5) is 0. The Morgan fingerprint density at radius 2 is 0.909 bits per heavy atom. The first-order valence-electron chi connectivity index (χ1n) is 7.50. The van der Waals surface area contributed by atoms with Crippen LogP contribution in [0.3, 0.4) is 0 Å². The van der Waals surface area contributed by atoms with E-state index in [0.717, 1.165) is 0 Å². The van der Waals surface area contributed by atoms with Crippen molar-refractivity contribution in [2.45, 2.75) is 75.2 Å². The highest BCUT2D eigenvalue weighted by Crippen LogP contribution is 2.37. The molecule has 22 heavy (non-hydrogen) atoms. The quantitative estimate of drug-likeness (QED) is 0.329. The van der Waals surface area contributed by atoms with Crippen LogP contribution in [-0.4, -0.2) is 37.5 Å². The van der Waals surface area contributed by atoms with Crippen molar-refractivity contribution < 1.29 is 12.3 Å². The van der Waals surface area contributed by atoms with Gasteiger partial charge in [-0.15, -0.1) is 0 Å². The first kappa shape index (κ1) is 23.6. The lowest BCUT2D eigenvalue weighted by Gasteiger charge is -2.43. The summed E-state index contributed by atoms with van der Waals surface area (Å²) in [5.74, 6) is 0. The van der Waals surface area contributed by atoms with E-state index in [1.807, 2.05) is 0 Å². The molecule has 0 unspecified atom stereocenters. The summed E-state index contributed by atoms with van der Waals surface area (Å²) in [6.07, 6.45) is 0.378. The van der Waals surface area contributed by atoms with E-state index >= 15 is 0 Å². The minimum atomic E-state index is -2.88. The third kappa shape index (κ3) is 13.0. The van der Waals surface area contributed by atoms with Gasteiger partial charge in [-0.2, -0.15) is 0 Å². The standard InChI is InChI=1S/C12H31Cl3O3Si4/c1-19(2,3)16-22(17-20(4,5)6,18-21(7,8)9)11-10-12(13,14)15/h10-11H2,1-9H3. The van der Waals surface area contributed by atoms with Crippen LogP contribution < -0.4 is 0 Å². The maximum absolute atomic E-state index is 6.50. The van der Waals surface area contributed by atoms with Crippen LogP contribution in [0.15, 0.2) is 0 Å². The molecule has 0 aliphatic heterocycles. The van der Waals surface area contributed by atoms with Crippen molar-refractivity contribution in [2.75, 3.05) is 0 Å². The van der Waals surface area contributed by atoms with E-state index in [2.05, 4.69) is 58.9 Å². The molecule has 0 amide bonds. The lowest BCUT2D eigenvalue weighted by Crippen LogP contribution is -2.60. The molecule has 0 aromatic rings. The first-order chi connectivity index (χ1) is 9.33. The second-order valence-electron chi connectivity index (χ2n) is 8.44. The Kier molecular flexibility index (Phi) is 8.46. The van der Waals surface area contributed by atoms with Gasteiger partial charge in [0, 0.05) is 6.04 Å². The highest BCUT2D eigenvalue weighted by Gasteiger charge is 2.50. The molecule has 0 aromatic heterocycles. The van der Waals surface area contributed by atoms with Crippen molar-refractivity contribution in [3.63, 3.8) is 0 Å². The van der Waals surface area contributed by atoms with Gasteiger partial charge >= 0.3 is 8.80 Å². The topological polar surface area (TPSA) is 27.7 Å². The minimum Gasteiger partial charge on any atom is -0.417 e. The van der Waals surface area contributed by atoms with Crippen LogP contribution in [0, 0.1) is 0 Å². The Hall–Kier alpha value is 1.62. The van der Waals surface area contributed by atoms with Gasteiger partial charge in [-0.1, -0.05) is 34.8 Å². The molecule has 0 saturated heterocycles. The largest absolute Gasteiger partial charge is 0.469 e. The summed E-state index contributed by atoms with van der Waals surface area (Å²) in [5, 5.41) is 0. The Morgan fingerprint density at radius 1 is 0.636 bits per heavy atom. The molecule has 0 spiro atoms. The van der Waals surface area contributed by atoms with Crippen LogP contribution in [0.25, 0.3) is 0 Å². The lowest BCUT2D eigenvalue weighted by atomic mass is 10.6. The van der Waals surface area contributed by atoms with Gasteiger partial charge in [-0.05, 0) is 65.3 Å². The molecule has 0 saturated carbocycles. The average molecular weight is 442 g/mol. The predicted molar refractivity (Wildman–Crippen MR) is 109 cm³/mol. The van der Waals surface area contributed by atoms with Gasteiger partial charge in [0.05, 0.1) is 0 Å². The van der Waals surface area contributed by atoms with Crippen LogP contribution in [0.1, 0.15) is 6.42 Å². The average Bonchev–Trinajstić information content (AvgIpc) is 2.04. The SMILES string of the molecule is C[Si](C)(C)O[Si](CCC(Cl)(Cl)Cl)(O[Si](C)(C)C)O[Si](C)(C)C. The molecular weight excluding hydrogens is 411 g/mol. The Morgan fingerprint density at radius 3 is 1.09 bits per heavy atom. The molecule has 0 rings (SSSR count). The second kappa shape index (κ2) is 7.88. The maximum Gasteiger partial charge on any atom is 0.469 e. The zero-order chi connectivity index (χ0) is 18.0. The number of rotatable bonds is 8. The van der Waals surface area contributed by atoms with Gasteiger partial charge in [-0.3, -0.25) is 0 Å². The van der Waals surface area contributed by atoms with E-state index in [1.165, 1.54) is 0 Å². The number of halogens is 3. The summed E-state index contributed by atoms with van der Waals surface area (Å²) >= 11 is 17.9. The lowest BCUT2D eigenvalue weighted by molar-refractivity contribution is 0.250. The predicted octanol–water partition coefficient (Wildman–Crippen LogP) is 6.24. The molecule has 0 aromatic carbocycles. The molecule has 3 nitrogen and oxygen atoms in total. The highest BCUT2D eigenvalue weighted by atomic mass is 35.6. The summed E-state index contributed by atoms with van der Waals surface area (Å²) < 4.78 is 18.2. The molecule has 10 heteroatoms. The molecule has 0 aliphatic rings. The third-order valence-corrected chi connectivity index (χ3v) is 14.6. The number of hydrogen-bond donors (Lipinski definition) is 0. The zero-order valence-corrected chi connectivity index (χ0v) is 21.5. The van der Waals surface area contributed by atoms with Crippen molar-refractivity contribution in [1.82, 2.24) is 0 Å². The molecule has 0 heterocycles. The van der Waals surface area contributed by atoms with E-state index in [4.69, 9.17) is 47.1 Å². The van der Waals surface area contributed by atoms with E-state index in [1.54, 1.807) is 0 Å². The van der Waals surface area contributed by atoms with Crippen molar-refractivity contribution in [3.8, 4) is 0 Å². The molecule has 0 N–H and O–H groups in total. The van der Waals surface area contributed by atoms with E-state index in [9.17, 15) is 0 Å². The first-order valence-corrected chi connectivity index (χ1v) is 20.8. The van der Waals surface area contributed by atoms with Gasteiger partial charge < -0.3 is 12.3 Å². The monoisotopic (exact) mass is 440 g/mol. The van der Waals surface area contributed by atoms with Crippen LogP contribution in [0.5, 0.6) is 0 Å². The highest BCUT2D eigenvalue weighted by molar-refractivity contribution is 6.90. The van der Waals surface area contributed by atoms with Crippen molar-refractivity contribution in [1.29, 1.82) is 0 Å². The zero-order valence-electron chi connectivity index (χ0n) is 15.3. The minimum absolute atomic E-state index is 0.378. The Labute approximate surface area is 155 Å². The van der Waals surface area contributed by atoms with Crippen LogP contribution in [0.4, 0.5) is 0 Å². The fourth-order valence-electron chi connectivity index (χ4n) is 1.91. The van der Waals surface area contributed by atoms with Crippen LogP contribution >= 0.6 is 34.8 Å². The third-order valence-electron chi connectivity index (χ3n) is 2.10. The summed E-state index contributed by atoms with van der Waals surface area (Å²) in [7, 11) is -8.46. The van der Waals surface area contributed by atoms with Gasteiger partial charge in [0.1, 0.15) is 0 Å². The second-order valence-corrected chi connectivity index (χ2v) is 27.9. The van der Waals surface area contributed by atoms with E-state index in [-0.39, 0.29) is 0 Å². The fraction of sp³-hybridized carbons (Fsp3) is 1.00. The maximum atomic E-state index is 6.50. The van der Waals surface area contributed by atoms with E-state index in [0.29, 0.717) is 12.5 Å². The molecule has 0 radical (unpaired) electrons. The summed E-state index contributed by atoms with van der Waals surface area (Å²) in [6, 6.07) is 0.544. The van der Waals surface area contributed by atoms with Crippen LogP contribution in [0.2, 0.25) is 65.0 Å². The van der Waals surface area contributed by atoms with Crippen molar-refractivity contribution >= 4 is 68.6 Å². The Bertz CT molecular complexity index is 316. The van der Waals surface area contributed by atoms with Gasteiger partial charge in [0.2, 0.25) is 0 Å². The number of alkyl halides is 3. The van der Waals surface area contributed by atoms with Gasteiger partial charge in [0.25, 0.3) is 0 Å². The molecule has 0 fully saturated rings.